The molecule has 4 rings (SSSR count). The van der Waals surface area contributed by atoms with Crippen LogP contribution in [-0.4, -0.2) is 23.0 Å². The summed E-state index contributed by atoms with van der Waals surface area (Å²) in [7, 11) is 1.59. The normalized spacial score (nSPS) is 12.3. The lowest BCUT2D eigenvalue weighted by Gasteiger charge is -2.15. The van der Waals surface area contributed by atoms with Crippen LogP contribution in [0.2, 0.25) is 0 Å². The fourth-order valence-corrected chi connectivity index (χ4v) is 3.85. The summed E-state index contributed by atoms with van der Waals surface area (Å²) in [6.07, 6.45) is 1.39. The maximum Gasteiger partial charge on any atom is 0.272 e. The molecular formula is C24H19FN6O. The van der Waals surface area contributed by atoms with Crippen LogP contribution in [0.15, 0.2) is 64.5 Å². The summed E-state index contributed by atoms with van der Waals surface area (Å²) in [4.78, 5) is 16.6. The number of rotatable bonds is 4. The van der Waals surface area contributed by atoms with Crippen molar-refractivity contribution in [3.8, 4) is 6.07 Å². The Morgan fingerprint density at radius 3 is 2.66 bits per heavy atom. The molecule has 0 spiro atoms. The van der Waals surface area contributed by atoms with Crippen LogP contribution in [0.4, 0.5) is 4.39 Å². The van der Waals surface area contributed by atoms with Crippen LogP contribution >= 0.6 is 0 Å². The van der Waals surface area contributed by atoms with Crippen molar-refractivity contribution in [1.29, 1.82) is 5.26 Å². The number of aliphatic imine (C=N–C) groups is 1. The van der Waals surface area contributed by atoms with E-state index >= 15 is 0 Å². The van der Waals surface area contributed by atoms with E-state index in [1.807, 2.05) is 0 Å². The van der Waals surface area contributed by atoms with Gasteiger partial charge in [0, 0.05) is 41.7 Å². The minimum atomic E-state index is -0.433. The second-order valence-corrected chi connectivity index (χ2v) is 7.08. The fraction of sp³-hybridized carbons (Fsp3) is 0.0833. The zero-order valence-electron chi connectivity index (χ0n) is 17.2. The highest BCUT2D eigenvalue weighted by Gasteiger charge is 2.19. The third-order valence-electron chi connectivity index (χ3n) is 5.37. The van der Waals surface area contributed by atoms with Crippen molar-refractivity contribution in [3.05, 3.63) is 93.3 Å². The number of nitriles is 1. The van der Waals surface area contributed by atoms with E-state index in [1.165, 1.54) is 18.3 Å². The molecule has 0 atom stereocenters. The second kappa shape index (κ2) is 8.41. The highest BCUT2D eigenvalue weighted by molar-refractivity contribution is 6.33. The van der Waals surface area contributed by atoms with Gasteiger partial charge in [0.15, 0.2) is 0 Å². The van der Waals surface area contributed by atoms with Gasteiger partial charge in [-0.25, -0.2) is 9.49 Å². The first-order chi connectivity index (χ1) is 15.5. The highest BCUT2D eigenvalue weighted by atomic mass is 19.1. The van der Waals surface area contributed by atoms with Gasteiger partial charge in [-0.05, 0) is 35.2 Å². The Labute approximate surface area is 182 Å². The van der Waals surface area contributed by atoms with E-state index in [0.29, 0.717) is 49.8 Å². The lowest BCUT2D eigenvalue weighted by molar-refractivity contribution is 0.629. The molecule has 0 radical (unpaired) electrons. The summed E-state index contributed by atoms with van der Waals surface area (Å²) in [6.45, 7) is 0.141. The van der Waals surface area contributed by atoms with E-state index in [-0.39, 0.29) is 12.1 Å². The van der Waals surface area contributed by atoms with Gasteiger partial charge >= 0.3 is 0 Å². The van der Waals surface area contributed by atoms with E-state index in [1.54, 1.807) is 43.4 Å². The first-order valence-corrected chi connectivity index (χ1v) is 9.76. The molecule has 0 amide bonds. The summed E-state index contributed by atoms with van der Waals surface area (Å²) in [5.74, 6) is -0.433. The molecule has 4 aromatic rings. The number of aromatic nitrogens is 2. The maximum absolute atomic E-state index is 13.9. The van der Waals surface area contributed by atoms with Gasteiger partial charge in [-0.3, -0.25) is 9.79 Å². The second-order valence-electron chi connectivity index (χ2n) is 7.08. The fourth-order valence-electron chi connectivity index (χ4n) is 3.85. The number of nitrogens with one attached hydrogen (secondary N) is 1. The number of allylic oxidation sites excluding steroid dienone is 1. The number of halogens is 1. The number of aromatic amines is 1. The predicted molar refractivity (Wildman–Crippen MR) is 124 cm³/mol. The molecular weight excluding hydrogens is 407 g/mol. The van der Waals surface area contributed by atoms with E-state index < -0.39 is 5.82 Å². The Balaban J connectivity index is 1.94. The molecule has 0 unspecified atom stereocenters. The maximum atomic E-state index is 13.9. The number of fused-ring (bicyclic) bond motifs is 2. The Morgan fingerprint density at radius 2 is 1.97 bits per heavy atom. The van der Waals surface area contributed by atoms with Crippen molar-refractivity contribution < 1.29 is 4.39 Å². The molecule has 8 heteroatoms. The zero-order valence-corrected chi connectivity index (χ0v) is 17.2. The van der Waals surface area contributed by atoms with Gasteiger partial charge in [0.05, 0.1) is 22.4 Å². The third kappa shape index (κ3) is 3.41. The van der Waals surface area contributed by atoms with Gasteiger partial charge in [-0.15, -0.1) is 0 Å². The molecule has 32 heavy (non-hydrogen) atoms. The summed E-state index contributed by atoms with van der Waals surface area (Å²) < 4.78 is 13.9. The van der Waals surface area contributed by atoms with Crippen LogP contribution < -0.4 is 17.0 Å². The van der Waals surface area contributed by atoms with E-state index in [4.69, 9.17) is 11.5 Å². The average Bonchev–Trinajstić information content (AvgIpc) is 2.81. The number of hydrogen-bond acceptors (Lipinski definition) is 6. The topological polar surface area (TPSA) is 134 Å². The quantitative estimate of drug-likeness (QED) is 0.431. The summed E-state index contributed by atoms with van der Waals surface area (Å²) in [5.41, 5.74) is 14.5. The lowest BCUT2D eigenvalue weighted by atomic mass is 9.90. The molecule has 0 aliphatic rings. The number of H-pyrrole nitrogens is 1. The molecule has 0 fully saturated rings. The van der Waals surface area contributed by atoms with E-state index in [0.717, 1.165) is 5.39 Å². The zero-order chi connectivity index (χ0) is 22.8. The predicted octanol–water partition coefficient (Wildman–Crippen LogP) is 2.96. The number of benzene rings is 3. The molecule has 5 N–H and O–H groups in total. The van der Waals surface area contributed by atoms with Crippen molar-refractivity contribution in [2.45, 2.75) is 6.54 Å². The first kappa shape index (κ1) is 20.9. The molecule has 0 saturated carbocycles. The molecule has 1 aromatic heterocycles. The standard InChI is InChI=1S/C24H19FN6O/c1-29-23(16-6-3-13-2-5-15(25)9-18(13)21(16)11-27)20(10-26)14-4-7-17-19(8-14)22(12-28)30-31-24(17)32/h2-10H,12,26,28H2,1H3,(H,31,32)/b20-10-,29-23?. The van der Waals surface area contributed by atoms with Crippen molar-refractivity contribution in [1.82, 2.24) is 10.2 Å². The van der Waals surface area contributed by atoms with Gasteiger partial charge in [-0.2, -0.15) is 10.4 Å². The summed E-state index contributed by atoms with van der Waals surface area (Å²) >= 11 is 0. The minimum Gasteiger partial charge on any atom is -0.404 e. The number of nitrogens with zero attached hydrogens (tertiary/aromatic N) is 3. The van der Waals surface area contributed by atoms with Crippen molar-refractivity contribution >= 4 is 32.8 Å². The Hall–Kier alpha value is -4.35. The SMILES string of the molecule is CN=C(/C(=C\N)c1ccc2c(=O)[nH]nc(CN)c2c1)c1ccc2ccc(F)cc2c1C#N. The Morgan fingerprint density at radius 1 is 1.19 bits per heavy atom. The van der Waals surface area contributed by atoms with Gasteiger partial charge in [0.1, 0.15) is 11.9 Å². The van der Waals surface area contributed by atoms with E-state index in [9.17, 15) is 14.4 Å². The van der Waals surface area contributed by atoms with E-state index in [2.05, 4.69) is 21.3 Å². The van der Waals surface area contributed by atoms with Crippen molar-refractivity contribution in [3.63, 3.8) is 0 Å². The highest BCUT2D eigenvalue weighted by Crippen LogP contribution is 2.29. The van der Waals surface area contributed by atoms with Crippen LogP contribution in [0, 0.1) is 17.1 Å². The minimum absolute atomic E-state index is 0.141. The molecule has 0 aliphatic carbocycles. The van der Waals surface area contributed by atoms with Crippen molar-refractivity contribution in [2.75, 3.05) is 7.05 Å². The molecule has 158 valence electrons. The molecule has 0 saturated heterocycles. The number of hydrogen-bond donors (Lipinski definition) is 3. The van der Waals surface area contributed by atoms with Crippen LogP contribution in [0.1, 0.15) is 22.4 Å². The third-order valence-corrected chi connectivity index (χ3v) is 5.37. The number of nitrogens with two attached hydrogens (primary N) is 2. The average molecular weight is 426 g/mol. The van der Waals surface area contributed by atoms with Crippen molar-refractivity contribution in [2.24, 2.45) is 16.5 Å². The summed E-state index contributed by atoms with van der Waals surface area (Å²) in [6, 6.07) is 15.2. The smallest absolute Gasteiger partial charge is 0.272 e. The lowest BCUT2D eigenvalue weighted by Crippen LogP contribution is -2.14. The molecule has 0 aliphatic heterocycles. The van der Waals surface area contributed by atoms with Gasteiger partial charge in [0.25, 0.3) is 5.56 Å². The summed E-state index contributed by atoms with van der Waals surface area (Å²) in [5, 5.41) is 18.6. The van der Waals surface area contributed by atoms with Gasteiger partial charge in [0.2, 0.25) is 0 Å². The van der Waals surface area contributed by atoms with Crippen LogP contribution in [-0.2, 0) is 6.54 Å². The first-order valence-electron chi connectivity index (χ1n) is 9.76. The monoisotopic (exact) mass is 426 g/mol. The van der Waals surface area contributed by atoms with Crippen LogP contribution in [0.5, 0.6) is 0 Å². The van der Waals surface area contributed by atoms with Gasteiger partial charge in [-0.1, -0.05) is 24.3 Å². The molecule has 1 heterocycles. The molecule has 7 nitrogen and oxygen atoms in total. The molecule has 0 bridgehead atoms. The van der Waals surface area contributed by atoms with Crippen LogP contribution in [0.25, 0.3) is 27.1 Å². The van der Waals surface area contributed by atoms with Crippen LogP contribution in [0.3, 0.4) is 0 Å². The largest absolute Gasteiger partial charge is 0.404 e. The Bertz CT molecular complexity index is 1530. The molecule has 3 aromatic carbocycles. The Kier molecular flexibility index (Phi) is 5.50. The van der Waals surface area contributed by atoms with Gasteiger partial charge < -0.3 is 11.5 Å².